The summed E-state index contributed by atoms with van der Waals surface area (Å²) in [4.78, 5) is 18.1. The van der Waals surface area contributed by atoms with Crippen molar-refractivity contribution < 1.29 is 9.18 Å². The molecule has 2 heterocycles. The molecule has 0 saturated carbocycles. The molecule has 180 valence electrons. The Morgan fingerprint density at radius 3 is 2.34 bits per heavy atom. The smallest absolute Gasteiger partial charge is 0.257 e. The maximum absolute atomic E-state index is 13.9. The van der Waals surface area contributed by atoms with Gasteiger partial charge in [0, 0.05) is 44.7 Å². The second-order valence-corrected chi connectivity index (χ2v) is 9.46. The second-order valence-electron chi connectivity index (χ2n) is 9.46. The fourth-order valence-electron chi connectivity index (χ4n) is 4.84. The van der Waals surface area contributed by atoms with Gasteiger partial charge in [-0.1, -0.05) is 72.3 Å². The molecule has 2 aliphatic rings. The van der Waals surface area contributed by atoms with Crippen LogP contribution >= 0.6 is 0 Å². The van der Waals surface area contributed by atoms with Crippen molar-refractivity contribution in [1.29, 1.82) is 0 Å². The predicted octanol–water partition coefficient (Wildman–Crippen LogP) is 4.63. The minimum atomic E-state index is -0.296. The second kappa shape index (κ2) is 10.5. The molecule has 1 saturated heterocycles. The lowest BCUT2D eigenvalue weighted by atomic mass is 9.97. The van der Waals surface area contributed by atoms with Crippen LogP contribution in [0.4, 0.5) is 4.39 Å². The zero-order valence-electron chi connectivity index (χ0n) is 20.1. The van der Waals surface area contributed by atoms with Crippen molar-refractivity contribution in [2.45, 2.75) is 25.9 Å². The van der Waals surface area contributed by atoms with Gasteiger partial charge in [0.1, 0.15) is 5.82 Å². The number of benzene rings is 3. The van der Waals surface area contributed by atoms with E-state index < -0.39 is 0 Å². The van der Waals surface area contributed by atoms with E-state index in [1.807, 2.05) is 19.1 Å². The van der Waals surface area contributed by atoms with Gasteiger partial charge in [0.25, 0.3) is 5.91 Å². The van der Waals surface area contributed by atoms with Crippen molar-refractivity contribution in [3.8, 4) is 0 Å². The summed E-state index contributed by atoms with van der Waals surface area (Å²) in [5.41, 5.74) is 5.01. The minimum absolute atomic E-state index is 0.0153. The molecule has 0 N–H and O–H groups in total. The Morgan fingerprint density at radius 1 is 0.914 bits per heavy atom. The average molecular weight is 471 g/mol. The molecule has 1 amide bonds. The molecule has 0 radical (unpaired) electrons. The summed E-state index contributed by atoms with van der Waals surface area (Å²) in [7, 11) is 0. The molecule has 0 spiro atoms. The molecule has 2 aliphatic heterocycles. The third kappa shape index (κ3) is 5.66. The topological polar surface area (TPSA) is 39.2 Å². The lowest BCUT2D eigenvalue weighted by Gasteiger charge is -2.35. The molecule has 1 unspecified atom stereocenters. The Hall–Kier alpha value is -3.35. The van der Waals surface area contributed by atoms with Crippen LogP contribution in [0.1, 0.15) is 34.7 Å². The van der Waals surface area contributed by atoms with Crippen LogP contribution in [0.15, 0.2) is 84.0 Å². The third-order valence-corrected chi connectivity index (χ3v) is 6.86. The van der Waals surface area contributed by atoms with E-state index in [4.69, 9.17) is 5.10 Å². The summed E-state index contributed by atoms with van der Waals surface area (Å²) in [5, 5.41) is 6.34. The van der Waals surface area contributed by atoms with E-state index in [0.29, 0.717) is 13.0 Å². The average Bonchev–Trinajstić information content (AvgIpc) is 3.32. The van der Waals surface area contributed by atoms with Crippen LogP contribution in [0, 0.1) is 12.7 Å². The van der Waals surface area contributed by atoms with Gasteiger partial charge < -0.3 is 0 Å². The molecule has 3 aromatic carbocycles. The normalized spacial score (nSPS) is 19.1. The molecule has 3 aromatic rings. The van der Waals surface area contributed by atoms with Crippen molar-refractivity contribution in [3.05, 3.63) is 107 Å². The quantitative estimate of drug-likeness (QED) is 0.527. The number of hydrogen-bond donors (Lipinski definition) is 0. The van der Waals surface area contributed by atoms with Crippen LogP contribution in [0.3, 0.4) is 0 Å². The van der Waals surface area contributed by atoms with E-state index in [9.17, 15) is 9.18 Å². The first kappa shape index (κ1) is 23.4. The van der Waals surface area contributed by atoms with Crippen LogP contribution in [-0.2, 0) is 11.3 Å². The standard InChI is InChI=1S/C29H31FN4O/c1-22-10-12-24(13-11-22)28-19-27(25-8-5-9-26(30)18-25)31-34(28)29(35)21-33-16-14-32(15-17-33)20-23-6-3-2-4-7-23/h2-13,18,28H,14-17,19-21H2,1H3. The first-order chi connectivity index (χ1) is 17.0. The minimum Gasteiger partial charge on any atom is -0.297 e. The zero-order valence-corrected chi connectivity index (χ0v) is 20.1. The number of hydrazone groups is 1. The van der Waals surface area contributed by atoms with Crippen LogP contribution < -0.4 is 0 Å². The highest BCUT2D eigenvalue weighted by Gasteiger charge is 2.34. The van der Waals surface area contributed by atoms with E-state index >= 15 is 0 Å². The molecule has 0 bridgehead atoms. The van der Waals surface area contributed by atoms with E-state index in [0.717, 1.165) is 49.6 Å². The Morgan fingerprint density at radius 2 is 1.63 bits per heavy atom. The molecule has 1 atom stereocenters. The molecule has 1 fully saturated rings. The van der Waals surface area contributed by atoms with Crippen molar-refractivity contribution in [2.75, 3.05) is 32.7 Å². The number of piperazine rings is 1. The Labute approximate surface area is 206 Å². The number of halogens is 1. The van der Waals surface area contributed by atoms with E-state index in [1.54, 1.807) is 11.1 Å². The number of rotatable bonds is 6. The number of nitrogens with zero attached hydrogens (tertiary/aromatic N) is 4. The van der Waals surface area contributed by atoms with Gasteiger partial charge >= 0.3 is 0 Å². The molecule has 35 heavy (non-hydrogen) atoms. The van der Waals surface area contributed by atoms with Gasteiger partial charge in [-0.2, -0.15) is 5.10 Å². The largest absolute Gasteiger partial charge is 0.297 e. The van der Waals surface area contributed by atoms with E-state index in [-0.39, 0.29) is 17.8 Å². The highest BCUT2D eigenvalue weighted by molar-refractivity contribution is 6.03. The summed E-state index contributed by atoms with van der Waals surface area (Å²) < 4.78 is 13.9. The van der Waals surface area contributed by atoms with Gasteiger partial charge in [-0.25, -0.2) is 9.40 Å². The maximum Gasteiger partial charge on any atom is 0.257 e. The highest BCUT2D eigenvalue weighted by atomic mass is 19.1. The molecule has 5 nitrogen and oxygen atoms in total. The molecule has 6 heteroatoms. The Kier molecular flexibility index (Phi) is 7.02. The number of aryl methyl sites for hydroxylation is 1. The van der Waals surface area contributed by atoms with Crippen LogP contribution in [-0.4, -0.2) is 59.2 Å². The lowest BCUT2D eigenvalue weighted by Crippen LogP contribution is -2.49. The van der Waals surface area contributed by atoms with Gasteiger partial charge in [0.15, 0.2) is 0 Å². The summed E-state index contributed by atoms with van der Waals surface area (Å²) in [6, 6.07) is 25.0. The monoisotopic (exact) mass is 470 g/mol. The van der Waals surface area contributed by atoms with Crippen molar-refractivity contribution in [1.82, 2.24) is 14.8 Å². The molecule has 0 aliphatic carbocycles. The molecule has 0 aromatic heterocycles. The van der Waals surface area contributed by atoms with Gasteiger partial charge in [-0.05, 0) is 30.2 Å². The lowest BCUT2D eigenvalue weighted by molar-refractivity contribution is -0.134. The summed E-state index contributed by atoms with van der Waals surface area (Å²) >= 11 is 0. The van der Waals surface area contributed by atoms with E-state index in [1.165, 1.54) is 23.3 Å². The Balaban J connectivity index is 1.27. The maximum atomic E-state index is 13.9. The summed E-state index contributed by atoms with van der Waals surface area (Å²) in [5.74, 6) is -0.311. The zero-order chi connectivity index (χ0) is 24.2. The van der Waals surface area contributed by atoms with Gasteiger partial charge in [0.05, 0.1) is 18.3 Å². The fourth-order valence-corrected chi connectivity index (χ4v) is 4.84. The van der Waals surface area contributed by atoms with Gasteiger partial charge in [-0.3, -0.25) is 14.6 Å². The van der Waals surface area contributed by atoms with Crippen molar-refractivity contribution in [3.63, 3.8) is 0 Å². The first-order valence-corrected chi connectivity index (χ1v) is 12.3. The fraction of sp³-hybridized carbons (Fsp3) is 0.310. The number of carbonyl (C=O) groups excluding carboxylic acids is 1. The van der Waals surface area contributed by atoms with Crippen LogP contribution in [0.2, 0.25) is 0 Å². The third-order valence-electron chi connectivity index (χ3n) is 6.86. The van der Waals surface area contributed by atoms with Crippen molar-refractivity contribution in [2.24, 2.45) is 5.10 Å². The number of amides is 1. The first-order valence-electron chi connectivity index (χ1n) is 12.3. The van der Waals surface area contributed by atoms with Crippen LogP contribution in [0.5, 0.6) is 0 Å². The molecular weight excluding hydrogens is 439 g/mol. The van der Waals surface area contributed by atoms with Gasteiger partial charge in [0.2, 0.25) is 0 Å². The van der Waals surface area contributed by atoms with Crippen molar-refractivity contribution >= 4 is 11.6 Å². The summed E-state index contributed by atoms with van der Waals surface area (Å²) in [6.45, 7) is 6.88. The SMILES string of the molecule is Cc1ccc(C2CC(c3cccc(F)c3)=NN2C(=O)CN2CCN(Cc3ccccc3)CC2)cc1. The van der Waals surface area contributed by atoms with Gasteiger partial charge in [-0.15, -0.1) is 0 Å². The number of hydrogen-bond acceptors (Lipinski definition) is 4. The van der Waals surface area contributed by atoms with Crippen LogP contribution in [0.25, 0.3) is 0 Å². The number of carbonyl (C=O) groups is 1. The Bertz CT molecular complexity index is 1190. The molecule has 5 rings (SSSR count). The molecular formula is C29H31FN4O. The predicted molar refractivity (Wildman–Crippen MR) is 136 cm³/mol. The summed E-state index contributed by atoms with van der Waals surface area (Å²) in [6.07, 6.45) is 0.573. The highest BCUT2D eigenvalue weighted by Crippen LogP contribution is 2.33. The van der Waals surface area contributed by atoms with E-state index in [2.05, 4.69) is 58.3 Å².